The molecule has 0 amide bonds. The maximum Gasteiger partial charge on any atom is 0.312 e. The van der Waals surface area contributed by atoms with Gasteiger partial charge in [0.2, 0.25) is 0 Å². The first kappa shape index (κ1) is 15.3. The largest absolute Gasteiger partial charge is 0.358 e. The van der Waals surface area contributed by atoms with E-state index in [0.717, 1.165) is 19.3 Å². The number of fused-ring (bicyclic) bond motifs is 1. The molecule has 24 heavy (non-hydrogen) atoms. The number of anilines is 2. The van der Waals surface area contributed by atoms with E-state index in [9.17, 15) is 4.39 Å². The second-order valence-electron chi connectivity index (χ2n) is 5.59. The first-order chi connectivity index (χ1) is 11.7. The molecule has 1 unspecified atom stereocenters. The van der Waals surface area contributed by atoms with Gasteiger partial charge in [0.25, 0.3) is 0 Å². The summed E-state index contributed by atoms with van der Waals surface area (Å²) in [6, 6.07) is 7.18. The van der Waals surface area contributed by atoms with Crippen molar-refractivity contribution in [1.82, 2.24) is 19.5 Å². The SMILES string of the molecule is Fc1nc(Nc2ccccc2Cl)c2ncn(C3CCCCO3)c2n1. The molecule has 3 aromatic rings. The number of nitrogens with one attached hydrogen (secondary N) is 1. The van der Waals surface area contributed by atoms with Crippen LogP contribution in [0.3, 0.4) is 0 Å². The van der Waals surface area contributed by atoms with E-state index in [2.05, 4.69) is 20.3 Å². The van der Waals surface area contributed by atoms with Crippen LogP contribution >= 0.6 is 11.6 Å². The summed E-state index contributed by atoms with van der Waals surface area (Å²) in [6.45, 7) is 0.683. The van der Waals surface area contributed by atoms with Gasteiger partial charge in [-0.25, -0.2) is 4.98 Å². The second kappa shape index (κ2) is 6.33. The molecule has 0 bridgehead atoms. The highest BCUT2D eigenvalue weighted by Gasteiger charge is 2.21. The molecule has 1 aliphatic heterocycles. The van der Waals surface area contributed by atoms with Crippen LogP contribution in [-0.4, -0.2) is 26.1 Å². The first-order valence-corrected chi connectivity index (χ1v) is 8.13. The third kappa shape index (κ3) is 2.81. The number of rotatable bonds is 3. The first-order valence-electron chi connectivity index (χ1n) is 7.75. The van der Waals surface area contributed by atoms with Crippen LogP contribution < -0.4 is 5.32 Å². The van der Waals surface area contributed by atoms with E-state index >= 15 is 0 Å². The molecule has 1 aliphatic rings. The van der Waals surface area contributed by atoms with Crippen molar-refractivity contribution in [3.63, 3.8) is 0 Å². The van der Waals surface area contributed by atoms with Crippen LogP contribution in [0.2, 0.25) is 5.02 Å². The van der Waals surface area contributed by atoms with Crippen LogP contribution in [0.5, 0.6) is 0 Å². The van der Waals surface area contributed by atoms with Crippen LogP contribution in [0.1, 0.15) is 25.5 Å². The van der Waals surface area contributed by atoms with Gasteiger partial charge in [0.15, 0.2) is 17.0 Å². The molecule has 2 aromatic heterocycles. The highest BCUT2D eigenvalue weighted by Crippen LogP contribution is 2.30. The zero-order valence-corrected chi connectivity index (χ0v) is 13.5. The zero-order chi connectivity index (χ0) is 16.5. The summed E-state index contributed by atoms with van der Waals surface area (Å²) < 4.78 is 21.5. The molecule has 1 saturated heterocycles. The Kier molecular flexibility index (Phi) is 4.03. The molecule has 1 atom stereocenters. The van der Waals surface area contributed by atoms with Crippen LogP contribution in [0.4, 0.5) is 15.9 Å². The van der Waals surface area contributed by atoms with Crippen molar-refractivity contribution in [2.45, 2.75) is 25.5 Å². The highest BCUT2D eigenvalue weighted by atomic mass is 35.5. The Hall–Kier alpha value is -2.25. The summed E-state index contributed by atoms with van der Waals surface area (Å²) in [7, 11) is 0. The number of ether oxygens (including phenoxy) is 1. The number of aromatic nitrogens is 4. The van der Waals surface area contributed by atoms with Crippen molar-refractivity contribution >= 4 is 34.3 Å². The van der Waals surface area contributed by atoms with Gasteiger partial charge < -0.3 is 10.1 Å². The topological polar surface area (TPSA) is 64.9 Å². The Morgan fingerprint density at radius 3 is 2.92 bits per heavy atom. The molecule has 124 valence electrons. The molecule has 1 fully saturated rings. The smallest absolute Gasteiger partial charge is 0.312 e. The third-order valence-corrected chi connectivity index (χ3v) is 4.32. The van der Waals surface area contributed by atoms with Crippen molar-refractivity contribution in [2.24, 2.45) is 0 Å². The fourth-order valence-corrected chi connectivity index (χ4v) is 3.00. The van der Waals surface area contributed by atoms with Gasteiger partial charge in [0.05, 0.1) is 17.0 Å². The van der Waals surface area contributed by atoms with Crippen molar-refractivity contribution in [3.8, 4) is 0 Å². The molecule has 3 heterocycles. The molecule has 0 saturated carbocycles. The minimum Gasteiger partial charge on any atom is -0.358 e. The summed E-state index contributed by atoms with van der Waals surface area (Å²) in [4.78, 5) is 12.1. The fraction of sp³-hybridized carbons (Fsp3) is 0.312. The van der Waals surface area contributed by atoms with Crippen molar-refractivity contribution in [3.05, 3.63) is 41.7 Å². The lowest BCUT2D eigenvalue weighted by Crippen LogP contribution is -2.18. The Balaban J connectivity index is 1.76. The van der Waals surface area contributed by atoms with Crippen molar-refractivity contribution in [1.29, 1.82) is 0 Å². The van der Waals surface area contributed by atoms with Gasteiger partial charge in [-0.2, -0.15) is 14.4 Å². The van der Waals surface area contributed by atoms with Crippen LogP contribution in [0.25, 0.3) is 11.2 Å². The highest BCUT2D eigenvalue weighted by molar-refractivity contribution is 6.33. The van der Waals surface area contributed by atoms with Crippen LogP contribution in [0.15, 0.2) is 30.6 Å². The normalized spacial score (nSPS) is 18.0. The summed E-state index contributed by atoms with van der Waals surface area (Å²) in [6.07, 6.45) is 3.56. The predicted molar refractivity (Wildman–Crippen MR) is 88.9 cm³/mol. The number of para-hydroxylation sites is 1. The van der Waals surface area contributed by atoms with Crippen molar-refractivity contribution < 1.29 is 9.13 Å². The van der Waals surface area contributed by atoms with Gasteiger partial charge in [-0.3, -0.25) is 4.57 Å². The van der Waals surface area contributed by atoms with Crippen LogP contribution in [-0.2, 0) is 4.74 Å². The molecule has 0 spiro atoms. The standard InChI is InChI=1S/C16H15ClFN5O/c17-10-5-1-2-6-11(10)20-14-13-15(22-16(18)21-14)23(9-19-13)12-7-3-4-8-24-12/h1-2,5-6,9,12H,3-4,7-8H2,(H,20,21,22). The van der Waals surface area contributed by atoms with E-state index in [4.69, 9.17) is 16.3 Å². The molecule has 8 heteroatoms. The number of hydrogen-bond donors (Lipinski definition) is 1. The van der Waals surface area contributed by atoms with E-state index in [1.807, 2.05) is 12.1 Å². The van der Waals surface area contributed by atoms with Crippen molar-refractivity contribution in [2.75, 3.05) is 11.9 Å². The quantitative estimate of drug-likeness (QED) is 0.724. The van der Waals surface area contributed by atoms with Gasteiger partial charge in [-0.1, -0.05) is 23.7 Å². The Bertz CT molecular complexity index is 878. The molecular formula is C16H15ClFN5O. The molecule has 4 rings (SSSR count). The minimum atomic E-state index is -0.824. The van der Waals surface area contributed by atoms with E-state index < -0.39 is 6.08 Å². The average molecular weight is 348 g/mol. The Morgan fingerprint density at radius 1 is 1.25 bits per heavy atom. The number of nitrogens with zero attached hydrogens (tertiary/aromatic N) is 4. The number of hydrogen-bond acceptors (Lipinski definition) is 5. The lowest BCUT2D eigenvalue weighted by Gasteiger charge is -2.23. The van der Waals surface area contributed by atoms with E-state index in [1.54, 1.807) is 23.0 Å². The maximum atomic E-state index is 13.9. The average Bonchev–Trinajstić information content (AvgIpc) is 3.01. The molecular weight excluding hydrogens is 333 g/mol. The summed E-state index contributed by atoms with van der Waals surface area (Å²) in [5, 5.41) is 3.55. The Labute approximate surface area is 142 Å². The van der Waals surface area contributed by atoms with Crippen LogP contribution in [0, 0.1) is 6.08 Å². The number of halogens is 2. The van der Waals surface area contributed by atoms with E-state index in [0.29, 0.717) is 28.5 Å². The number of imidazole rings is 1. The predicted octanol–water partition coefficient (Wildman–Crippen LogP) is 4.06. The van der Waals surface area contributed by atoms with E-state index in [-0.39, 0.29) is 12.0 Å². The zero-order valence-electron chi connectivity index (χ0n) is 12.7. The molecule has 0 radical (unpaired) electrons. The van der Waals surface area contributed by atoms with Gasteiger partial charge in [0.1, 0.15) is 6.23 Å². The summed E-state index contributed by atoms with van der Waals surface area (Å²) in [5.74, 6) is 0.278. The lowest BCUT2D eigenvalue weighted by molar-refractivity contribution is -0.0298. The molecule has 6 nitrogen and oxygen atoms in total. The molecule has 0 aliphatic carbocycles. The minimum absolute atomic E-state index is 0.175. The lowest BCUT2D eigenvalue weighted by atomic mass is 10.2. The van der Waals surface area contributed by atoms with E-state index in [1.165, 1.54) is 0 Å². The number of benzene rings is 1. The third-order valence-electron chi connectivity index (χ3n) is 3.99. The van der Waals surface area contributed by atoms with Gasteiger partial charge in [-0.05, 0) is 31.4 Å². The summed E-state index contributed by atoms with van der Waals surface area (Å²) >= 11 is 6.15. The van der Waals surface area contributed by atoms with Gasteiger partial charge in [0, 0.05) is 6.61 Å². The Morgan fingerprint density at radius 2 is 2.12 bits per heavy atom. The second-order valence-corrected chi connectivity index (χ2v) is 6.00. The molecule has 1 aromatic carbocycles. The van der Waals surface area contributed by atoms with Gasteiger partial charge in [-0.15, -0.1) is 0 Å². The summed E-state index contributed by atoms with van der Waals surface area (Å²) in [5.41, 5.74) is 1.51. The van der Waals surface area contributed by atoms with Gasteiger partial charge >= 0.3 is 6.08 Å². The monoisotopic (exact) mass is 347 g/mol. The molecule has 1 N–H and O–H groups in total. The fourth-order valence-electron chi connectivity index (χ4n) is 2.82. The maximum absolute atomic E-state index is 13.9.